The first-order chi connectivity index (χ1) is 8.08. The van der Waals surface area contributed by atoms with E-state index in [1.165, 1.54) is 7.11 Å². The summed E-state index contributed by atoms with van der Waals surface area (Å²) in [5.74, 6) is -1.13. The first-order valence-electron chi connectivity index (χ1n) is 5.92. The molecule has 0 saturated carbocycles. The maximum absolute atomic E-state index is 12.0. The molecule has 0 fully saturated rings. The first kappa shape index (κ1) is 15.9. The Bertz CT molecular complexity index is 223. The average molecular weight is 246 g/mol. The fourth-order valence-electron chi connectivity index (χ4n) is 1.69. The fourth-order valence-corrected chi connectivity index (χ4v) is 1.69. The minimum atomic E-state index is -1.32. The van der Waals surface area contributed by atoms with Gasteiger partial charge in [0.1, 0.15) is 0 Å². The molecule has 0 aromatic heterocycles. The van der Waals surface area contributed by atoms with E-state index in [1.807, 2.05) is 6.92 Å². The lowest BCUT2D eigenvalue weighted by molar-refractivity contribution is -0.177. The van der Waals surface area contributed by atoms with Gasteiger partial charge in [0.15, 0.2) is 5.41 Å². The molecule has 0 aliphatic rings. The van der Waals surface area contributed by atoms with Crippen LogP contribution >= 0.6 is 0 Å². The van der Waals surface area contributed by atoms with Gasteiger partial charge in [-0.15, -0.1) is 0 Å². The fraction of sp³-hybridized carbons (Fsp3) is 0.833. The van der Waals surface area contributed by atoms with Gasteiger partial charge in [-0.25, -0.2) is 0 Å². The molecule has 0 atom stereocenters. The van der Waals surface area contributed by atoms with Gasteiger partial charge in [-0.2, -0.15) is 0 Å². The van der Waals surface area contributed by atoms with E-state index in [9.17, 15) is 9.59 Å². The summed E-state index contributed by atoms with van der Waals surface area (Å²) in [5, 5.41) is 0. The van der Waals surface area contributed by atoms with Crippen LogP contribution in [0.5, 0.6) is 0 Å². The second-order valence-corrected chi connectivity index (χ2v) is 3.71. The largest absolute Gasteiger partial charge is 0.465 e. The van der Waals surface area contributed by atoms with Crippen LogP contribution in [0.25, 0.3) is 0 Å². The van der Waals surface area contributed by atoms with Gasteiger partial charge in [0.25, 0.3) is 0 Å². The highest BCUT2D eigenvalue weighted by Gasteiger charge is 2.48. The first-order valence-corrected chi connectivity index (χ1v) is 5.92. The molecular formula is C12H22O5. The lowest BCUT2D eigenvalue weighted by Crippen LogP contribution is -2.45. The molecule has 5 nitrogen and oxygen atoms in total. The molecule has 0 aliphatic carbocycles. The molecule has 0 amide bonds. The normalized spacial score (nSPS) is 11.1. The maximum atomic E-state index is 12.0. The molecule has 0 aromatic carbocycles. The lowest BCUT2D eigenvalue weighted by atomic mass is 9.84. The van der Waals surface area contributed by atoms with Gasteiger partial charge in [-0.3, -0.25) is 9.59 Å². The number of carbonyl (C=O) groups excluding carboxylic acids is 2. The summed E-state index contributed by atoms with van der Waals surface area (Å²) < 4.78 is 14.9. The summed E-state index contributed by atoms with van der Waals surface area (Å²) in [6.07, 6.45) is 1.03. The van der Waals surface area contributed by atoms with Crippen molar-refractivity contribution in [3.8, 4) is 0 Å². The van der Waals surface area contributed by atoms with Crippen LogP contribution in [0, 0.1) is 5.41 Å². The van der Waals surface area contributed by atoms with Crippen molar-refractivity contribution < 1.29 is 23.8 Å². The zero-order chi connectivity index (χ0) is 13.3. The molecule has 100 valence electrons. The molecule has 0 rings (SSSR count). The third kappa shape index (κ3) is 4.00. The van der Waals surface area contributed by atoms with E-state index < -0.39 is 17.4 Å². The summed E-state index contributed by atoms with van der Waals surface area (Å²) in [6, 6.07) is 0. The summed E-state index contributed by atoms with van der Waals surface area (Å²) in [5.41, 5.74) is -1.32. The predicted octanol–water partition coefficient (Wildman–Crippen LogP) is 1.55. The molecule has 5 heteroatoms. The van der Waals surface area contributed by atoms with Gasteiger partial charge in [-0.1, -0.05) is 13.3 Å². The Morgan fingerprint density at radius 1 is 1.00 bits per heavy atom. The molecule has 0 unspecified atom stereocenters. The molecular weight excluding hydrogens is 224 g/mol. The highest BCUT2D eigenvalue weighted by molar-refractivity contribution is 6.00. The monoisotopic (exact) mass is 246 g/mol. The summed E-state index contributed by atoms with van der Waals surface area (Å²) in [7, 11) is 1.45. The van der Waals surface area contributed by atoms with Crippen LogP contribution in [-0.2, 0) is 23.8 Å². The number of ether oxygens (including phenoxy) is 3. The van der Waals surface area contributed by atoms with Gasteiger partial charge in [0.2, 0.25) is 0 Å². The maximum Gasteiger partial charge on any atom is 0.325 e. The minimum Gasteiger partial charge on any atom is -0.465 e. The van der Waals surface area contributed by atoms with Crippen molar-refractivity contribution >= 4 is 11.9 Å². The van der Waals surface area contributed by atoms with E-state index >= 15 is 0 Å². The van der Waals surface area contributed by atoms with Crippen LogP contribution in [0.2, 0.25) is 0 Å². The van der Waals surface area contributed by atoms with Crippen LogP contribution in [0.3, 0.4) is 0 Å². The van der Waals surface area contributed by atoms with Crippen molar-refractivity contribution in [2.45, 2.75) is 33.6 Å². The zero-order valence-corrected chi connectivity index (χ0v) is 11.1. The smallest absolute Gasteiger partial charge is 0.325 e. The van der Waals surface area contributed by atoms with Gasteiger partial charge in [-0.05, 0) is 20.3 Å². The van der Waals surface area contributed by atoms with E-state index in [0.29, 0.717) is 12.8 Å². The predicted molar refractivity (Wildman–Crippen MR) is 62.5 cm³/mol. The third-order valence-electron chi connectivity index (χ3n) is 2.40. The summed E-state index contributed by atoms with van der Waals surface area (Å²) in [6.45, 7) is 5.74. The molecule has 0 radical (unpaired) electrons. The SMILES string of the molecule is CCCC(COC)(C(=O)OCC)C(=O)OCC. The Labute approximate surface area is 102 Å². The highest BCUT2D eigenvalue weighted by atomic mass is 16.6. The van der Waals surface area contributed by atoms with Crippen molar-refractivity contribution in [2.24, 2.45) is 5.41 Å². The molecule has 0 bridgehead atoms. The van der Waals surface area contributed by atoms with E-state index in [-0.39, 0.29) is 19.8 Å². The van der Waals surface area contributed by atoms with Crippen molar-refractivity contribution in [1.29, 1.82) is 0 Å². The number of hydrogen-bond acceptors (Lipinski definition) is 5. The number of esters is 2. The third-order valence-corrected chi connectivity index (χ3v) is 2.40. The molecule has 0 N–H and O–H groups in total. The van der Waals surface area contributed by atoms with Gasteiger partial charge >= 0.3 is 11.9 Å². The Balaban J connectivity index is 5.09. The number of rotatable bonds is 8. The number of methoxy groups -OCH3 is 1. The summed E-state index contributed by atoms with van der Waals surface area (Å²) in [4.78, 5) is 23.9. The Hall–Kier alpha value is -1.10. The van der Waals surface area contributed by atoms with Crippen LogP contribution in [0.1, 0.15) is 33.6 Å². The van der Waals surface area contributed by atoms with Gasteiger partial charge in [0.05, 0.1) is 19.8 Å². The molecule has 0 heterocycles. The van der Waals surface area contributed by atoms with E-state index in [2.05, 4.69) is 0 Å². The van der Waals surface area contributed by atoms with Crippen molar-refractivity contribution in [2.75, 3.05) is 26.9 Å². The highest BCUT2D eigenvalue weighted by Crippen LogP contribution is 2.28. The van der Waals surface area contributed by atoms with Gasteiger partial charge < -0.3 is 14.2 Å². The number of carbonyl (C=O) groups is 2. The topological polar surface area (TPSA) is 61.8 Å². The summed E-state index contributed by atoms with van der Waals surface area (Å²) >= 11 is 0. The van der Waals surface area contributed by atoms with E-state index in [4.69, 9.17) is 14.2 Å². The molecule has 0 aromatic rings. The van der Waals surface area contributed by atoms with Crippen molar-refractivity contribution in [3.63, 3.8) is 0 Å². The van der Waals surface area contributed by atoms with Crippen LogP contribution in [-0.4, -0.2) is 38.9 Å². The Morgan fingerprint density at radius 3 is 1.76 bits per heavy atom. The molecule has 17 heavy (non-hydrogen) atoms. The lowest BCUT2D eigenvalue weighted by Gasteiger charge is -2.27. The quantitative estimate of drug-likeness (QED) is 0.480. The zero-order valence-electron chi connectivity index (χ0n) is 11.1. The van der Waals surface area contributed by atoms with Crippen LogP contribution in [0.15, 0.2) is 0 Å². The minimum absolute atomic E-state index is 0.0154. The Morgan fingerprint density at radius 2 is 1.47 bits per heavy atom. The molecule has 0 saturated heterocycles. The van der Waals surface area contributed by atoms with Crippen molar-refractivity contribution in [3.05, 3.63) is 0 Å². The van der Waals surface area contributed by atoms with E-state index in [0.717, 1.165) is 0 Å². The second-order valence-electron chi connectivity index (χ2n) is 3.71. The van der Waals surface area contributed by atoms with Gasteiger partial charge in [0, 0.05) is 7.11 Å². The standard InChI is InChI=1S/C12H22O5/c1-5-8-12(9-15-4,10(13)16-6-2)11(14)17-7-3/h5-9H2,1-4H3. The van der Waals surface area contributed by atoms with Crippen molar-refractivity contribution in [1.82, 2.24) is 0 Å². The number of hydrogen-bond donors (Lipinski definition) is 0. The van der Waals surface area contributed by atoms with Crippen LogP contribution in [0.4, 0.5) is 0 Å². The van der Waals surface area contributed by atoms with Crippen LogP contribution < -0.4 is 0 Å². The molecule has 0 spiro atoms. The molecule has 0 aliphatic heterocycles. The van der Waals surface area contributed by atoms with E-state index in [1.54, 1.807) is 13.8 Å². The Kier molecular flexibility index (Phi) is 7.54. The average Bonchev–Trinajstić information content (AvgIpc) is 2.29. The second kappa shape index (κ2) is 8.06.